The summed E-state index contributed by atoms with van der Waals surface area (Å²) in [6, 6.07) is 3.90. The van der Waals surface area contributed by atoms with Crippen LogP contribution in [0.15, 0.2) is 12.1 Å². The maximum Gasteiger partial charge on any atom is 0.414 e. The second kappa shape index (κ2) is 9.93. The van der Waals surface area contributed by atoms with E-state index in [2.05, 4.69) is 53.0 Å². The zero-order valence-electron chi connectivity index (χ0n) is 22.4. The number of anilines is 2. The highest BCUT2D eigenvalue weighted by atomic mass is 28.3. The number of fused-ring (bicyclic) bond motifs is 1. The summed E-state index contributed by atoms with van der Waals surface area (Å²) in [4.78, 5) is 28.4. The molecule has 6 heteroatoms. The Labute approximate surface area is 201 Å². The first-order valence-corrected chi connectivity index (χ1v) is 14.3. The van der Waals surface area contributed by atoms with E-state index in [0.29, 0.717) is 28.9 Å². The van der Waals surface area contributed by atoms with Crippen molar-refractivity contribution in [3.05, 3.63) is 23.3 Å². The summed E-state index contributed by atoms with van der Waals surface area (Å²) >= 11 is 0. The Morgan fingerprint density at radius 2 is 1.61 bits per heavy atom. The quantitative estimate of drug-likeness (QED) is 0.371. The van der Waals surface area contributed by atoms with Crippen LogP contribution in [0.4, 0.5) is 16.2 Å². The molecule has 2 rings (SSSR count). The molecule has 1 heterocycles. The maximum atomic E-state index is 12.8. The first-order chi connectivity index (χ1) is 15.1. The van der Waals surface area contributed by atoms with E-state index in [1.807, 2.05) is 32.9 Å². The number of hydrogen-bond donors (Lipinski definition) is 0. The van der Waals surface area contributed by atoms with Gasteiger partial charge in [0, 0.05) is 26.1 Å². The zero-order valence-corrected chi connectivity index (χ0v) is 23.4. The number of hydrogen-bond acceptors (Lipinski definition) is 3. The molecular weight excluding hydrogens is 428 g/mol. The van der Waals surface area contributed by atoms with Crippen molar-refractivity contribution in [3.8, 4) is 11.5 Å². The largest absolute Gasteiger partial charge is 0.443 e. The lowest BCUT2D eigenvalue weighted by Crippen LogP contribution is -2.43. The molecule has 0 spiro atoms. The number of nitrogens with zero attached hydrogens (tertiary/aromatic N) is 2. The van der Waals surface area contributed by atoms with Gasteiger partial charge in [0.2, 0.25) is 5.91 Å². The van der Waals surface area contributed by atoms with Crippen LogP contribution in [0.3, 0.4) is 0 Å². The monoisotopic (exact) mass is 470 g/mol. The van der Waals surface area contributed by atoms with Crippen LogP contribution in [-0.4, -0.2) is 39.3 Å². The van der Waals surface area contributed by atoms with Crippen molar-refractivity contribution in [1.82, 2.24) is 0 Å². The van der Waals surface area contributed by atoms with E-state index in [-0.39, 0.29) is 5.91 Å². The molecule has 33 heavy (non-hydrogen) atoms. The fraction of sp³-hybridized carbons (Fsp3) is 0.630. The predicted molar refractivity (Wildman–Crippen MR) is 141 cm³/mol. The van der Waals surface area contributed by atoms with Gasteiger partial charge < -0.3 is 9.64 Å². The predicted octanol–water partition coefficient (Wildman–Crippen LogP) is 6.54. The van der Waals surface area contributed by atoms with E-state index in [0.717, 1.165) is 23.2 Å². The van der Waals surface area contributed by atoms with Crippen LogP contribution < -0.4 is 9.80 Å². The normalized spacial score (nSPS) is 13.8. The van der Waals surface area contributed by atoms with Crippen molar-refractivity contribution < 1.29 is 14.3 Å². The van der Waals surface area contributed by atoms with Gasteiger partial charge in [-0.1, -0.05) is 47.5 Å². The summed E-state index contributed by atoms with van der Waals surface area (Å²) in [5, 5.41) is 0. The molecule has 0 atom stereocenters. The third-order valence-electron chi connectivity index (χ3n) is 6.80. The third kappa shape index (κ3) is 5.63. The number of benzene rings is 1. The Hall–Kier alpha value is -2.26. The Balaban J connectivity index is 2.67. The van der Waals surface area contributed by atoms with Crippen molar-refractivity contribution in [2.45, 2.75) is 97.9 Å². The van der Waals surface area contributed by atoms with Gasteiger partial charge in [-0.25, -0.2) is 4.79 Å². The van der Waals surface area contributed by atoms with Gasteiger partial charge >= 0.3 is 6.09 Å². The van der Waals surface area contributed by atoms with Crippen LogP contribution in [0.5, 0.6) is 0 Å². The van der Waals surface area contributed by atoms with Gasteiger partial charge in [-0.3, -0.25) is 9.69 Å². The highest BCUT2D eigenvalue weighted by Crippen LogP contribution is 2.41. The topological polar surface area (TPSA) is 49.9 Å². The summed E-state index contributed by atoms with van der Waals surface area (Å²) in [5.41, 5.74) is 8.35. The highest BCUT2D eigenvalue weighted by Gasteiger charge is 2.41. The average Bonchev–Trinajstić information content (AvgIpc) is 3.09. The molecule has 5 nitrogen and oxygen atoms in total. The molecule has 0 saturated carbocycles. The van der Waals surface area contributed by atoms with Crippen molar-refractivity contribution in [3.63, 3.8) is 0 Å². The standard InChI is InChI=1S/C27H42N2O3Si/c1-18(2)33(19(3)4,20(5)6)15-13-22-16-23(28(11)26(31)32-27(8,9)10)17-25-24(22)12-14-29(25)21(7)30/h16-20H,12,14H2,1-11H3. The van der Waals surface area contributed by atoms with E-state index in [1.165, 1.54) is 4.90 Å². The summed E-state index contributed by atoms with van der Waals surface area (Å²) < 4.78 is 5.57. The summed E-state index contributed by atoms with van der Waals surface area (Å²) in [6.07, 6.45) is 0.346. The molecule has 0 aromatic heterocycles. The minimum atomic E-state index is -1.93. The molecule has 2 amide bonds. The van der Waals surface area contributed by atoms with Crippen LogP contribution in [-0.2, 0) is 16.0 Å². The van der Waals surface area contributed by atoms with Crippen LogP contribution in [0.25, 0.3) is 0 Å². The van der Waals surface area contributed by atoms with Crippen LogP contribution in [0.2, 0.25) is 16.6 Å². The molecule has 0 aliphatic carbocycles. The lowest BCUT2D eigenvalue weighted by atomic mass is 10.0. The summed E-state index contributed by atoms with van der Waals surface area (Å²) in [6.45, 7) is 21.6. The molecule has 0 radical (unpaired) electrons. The molecular formula is C27H42N2O3Si. The molecule has 0 saturated heterocycles. The van der Waals surface area contributed by atoms with Crippen molar-refractivity contribution in [1.29, 1.82) is 0 Å². The molecule has 182 valence electrons. The Morgan fingerprint density at radius 1 is 1.06 bits per heavy atom. The lowest BCUT2D eigenvalue weighted by Gasteiger charge is -2.38. The first-order valence-electron chi connectivity index (χ1n) is 12.1. The molecule has 1 aromatic carbocycles. The molecule has 1 aliphatic heterocycles. The van der Waals surface area contributed by atoms with E-state index in [9.17, 15) is 9.59 Å². The van der Waals surface area contributed by atoms with Gasteiger partial charge in [-0.2, -0.15) is 0 Å². The Morgan fingerprint density at radius 3 is 2.06 bits per heavy atom. The van der Waals surface area contributed by atoms with Crippen molar-refractivity contribution in [2.75, 3.05) is 23.4 Å². The number of ether oxygens (including phenoxy) is 1. The van der Waals surface area contributed by atoms with Gasteiger partial charge in [0.25, 0.3) is 0 Å². The zero-order chi connectivity index (χ0) is 25.3. The van der Waals surface area contributed by atoms with Crippen LogP contribution >= 0.6 is 0 Å². The summed E-state index contributed by atoms with van der Waals surface area (Å²) in [7, 11) is -0.223. The molecule has 0 bridgehead atoms. The lowest BCUT2D eigenvalue weighted by molar-refractivity contribution is -0.116. The Bertz CT molecular complexity index is 942. The van der Waals surface area contributed by atoms with E-state index >= 15 is 0 Å². The van der Waals surface area contributed by atoms with Gasteiger partial charge in [-0.05, 0) is 61.5 Å². The molecule has 1 aliphatic rings. The minimum absolute atomic E-state index is 0.00000615. The molecule has 0 fully saturated rings. The highest BCUT2D eigenvalue weighted by molar-refractivity contribution is 6.90. The van der Waals surface area contributed by atoms with Crippen LogP contribution in [0.1, 0.15) is 80.4 Å². The average molecular weight is 471 g/mol. The van der Waals surface area contributed by atoms with Gasteiger partial charge in [-0.15, -0.1) is 5.54 Å². The first kappa shape index (κ1) is 27.0. The molecule has 0 N–H and O–H groups in total. The SMILES string of the molecule is CC(=O)N1CCc2c(C#C[Si](C(C)C)(C(C)C)C(C)C)cc(N(C)C(=O)OC(C)(C)C)cc21. The smallest absolute Gasteiger partial charge is 0.414 e. The van der Waals surface area contributed by atoms with Gasteiger partial charge in [0.05, 0.1) is 11.4 Å². The number of rotatable bonds is 4. The third-order valence-corrected chi connectivity index (χ3v) is 13.1. The van der Waals surface area contributed by atoms with Crippen molar-refractivity contribution in [2.24, 2.45) is 0 Å². The fourth-order valence-electron chi connectivity index (χ4n) is 5.17. The van der Waals surface area contributed by atoms with Gasteiger partial charge in [0.1, 0.15) is 13.7 Å². The number of amides is 2. The Kier molecular flexibility index (Phi) is 8.12. The van der Waals surface area contributed by atoms with E-state index in [4.69, 9.17) is 4.74 Å². The summed E-state index contributed by atoms with van der Waals surface area (Å²) in [5.74, 6) is 3.57. The van der Waals surface area contributed by atoms with Crippen molar-refractivity contribution >= 4 is 31.4 Å². The number of carbonyl (C=O) groups excluding carboxylic acids is 2. The molecule has 1 aromatic rings. The van der Waals surface area contributed by atoms with E-state index in [1.54, 1.807) is 18.9 Å². The second-order valence-electron chi connectivity index (χ2n) is 11.1. The van der Waals surface area contributed by atoms with Crippen LogP contribution in [0, 0.1) is 11.5 Å². The van der Waals surface area contributed by atoms with E-state index < -0.39 is 19.8 Å². The number of carbonyl (C=O) groups is 2. The maximum absolute atomic E-state index is 12.8. The molecule has 0 unspecified atom stereocenters. The van der Waals surface area contributed by atoms with Gasteiger partial charge in [0.15, 0.2) is 0 Å². The second-order valence-corrected chi connectivity index (χ2v) is 16.7. The minimum Gasteiger partial charge on any atom is -0.443 e. The fourth-order valence-corrected chi connectivity index (χ4v) is 10.4.